The molecule has 0 bridgehead atoms. The summed E-state index contributed by atoms with van der Waals surface area (Å²) in [6.07, 6.45) is 3.02. The Labute approximate surface area is 92.2 Å². The fraction of sp³-hybridized carbons (Fsp3) is 0.583. The maximum Gasteiger partial charge on any atom is 0.0596 e. The van der Waals surface area contributed by atoms with Gasteiger partial charge in [-0.05, 0) is 39.8 Å². The number of rotatable bonds is 6. The van der Waals surface area contributed by atoms with Gasteiger partial charge in [0.15, 0.2) is 0 Å². The molecule has 15 heavy (non-hydrogen) atoms. The second-order valence-electron chi connectivity index (χ2n) is 3.98. The highest BCUT2D eigenvalue weighted by atomic mass is 15.3. The summed E-state index contributed by atoms with van der Waals surface area (Å²) in [6.45, 7) is 12.0. The minimum atomic E-state index is 0.394. The van der Waals surface area contributed by atoms with Crippen LogP contribution in [0.2, 0.25) is 0 Å². The summed E-state index contributed by atoms with van der Waals surface area (Å²) in [5, 5.41) is 7.79. The third-order valence-corrected chi connectivity index (χ3v) is 2.47. The minimum Gasteiger partial charge on any atom is -0.311 e. The van der Waals surface area contributed by atoms with E-state index >= 15 is 0 Å². The lowest BCUT2D eigenvalue weighted by Gasteiger charge is -2.09. The van der Waals surface area contributed by atoms with E-state index in [0.717, 1.165) is 25.2 Å². The van der Waals surface area contributed by atoms with Gasteiger partial charge in [0.1, 0.15) is 0 Å². The van der Waals surface area contributed by atoms with Gasteiger partial charge < -0.3 is 5.32 Å². The third kappa shape index (κ3) is 3.88. The molecular weight excluding hydrogens is 186 g/mol. The van der Waals surface area contributed by atoms with Crippen molar-refractivity contribution in [2.24, 2.45) is 0 Å². The van der Waals surface area contributed by atoms with Gasteiger partial charge in [-0.25, -0.2) is 0 Å². The van der Waals surface area contributed by atoms with Gasteiger partial charge in [-0.15, -0.1) is 6.58 Å². The van der Waals surface area contributed by atoms with Gasteiger partial charge >= 0.3 is 0 Å². The van der Waals surface area contributed by atoms with Crippen molar-refractivity contribution in [1.82, 2.24) is 15.1 Å². The van der Waals surface area contributed by atoms with Crippen molar-refractivity contribution in [3.8, 4) is 0 Å². The van der Waals surface area contributed by atoms with E-state index in [1.807, 2.05) is 13.0 Å². The van der Waals surface area contributed by atoms with Gasteiger partial charge in [0.2, 0.25) is 0 Å². The SMILES string of the molecule is C=CC(C)NCCCn1nc(C)cc1C. The van der Waals surface area contributed by atoms with Gasteiger partial charge in [-0.1, -0.05) is 6.08 Å². The van der Waals surface area contributed by atoms with Crippen molar-refractivity contribution in [2.75, 3.05) is 6.54 Å². The second kappa shape index (κ2) is 5.71. The predicted molar refractivity (Wildman–Crippen MR) is 64.0 cm³/mol. The monoisotopic (exact) mass is 207 g/mol. The van der Waals surface area contributed by atoms with Crippen molar-refractivity contribution in [3.63, 3.8) is 0 Å². The van der Waals surface area contributed by atoms with E-state index < -0.39 is 0 Å². The number of hydrogen-bond donors (Lipinski definition) is 1. The Bertz CT molecular complexity index is 315. The molecule has 1 heterocycles. The number of nitrogens with zero attached hydrogens (tertiary/aromatic N) is 2. The Hall–Kier alpha value is -1.09. The fourth-order valence-corrected chi connectivity index (χ4v) is 1.54. The largest absolute Gasteiger partial charge is 0.311 e. The van der Waals surface area contributed by atoms with Gasteiger partial charge in [0.05, 0.1) is 5.69 Å². The topological polar surface area (TPSA) is 29.9 Å². The lowest BCUT2D eigenvalue weighted by molar-refractivity contribution is 0.520. The molecule has 1 aromatic heterocycles. The lowest BCUT2D eigenvalue weighted by atomic mass is 10.3. The van der Waals surface area contributed by atoms with Crippen LogP contribution in [-0.2, 0) is 6.54 Å². The van der Waals surface area contributed by atoms with Crippen LogP contribution in [0.25, 0.3) is 0 Å². The zero-order chi connectivity index (χ0) is 11.3. The molecule has 1 unspecified atom stereocenters. The summed E-state index contributed by atoms with van der Waals surface area (Å²) < 4.78 is 2.07. The summed E-state index contributed by atoms with van der Waals surface area (Å²) in [4.78, 5) is 0. The van der Waals surface area contributed by atoms with E-state index in [2.05, 4.69) is 41.6 Å². The van der Waals surface area contributed by atoms with Crippen molar-refractivity contribution in [3.05, 3.63) is 30.1 Å². The van der Waals surface area contributed by atoms with E-state index in [1.54, 1.807) is 0 Å². The van der Waals surface area contributed by atoms with Gasteiger partial charge in [0.25, 0.3) is 0 Å². The van der Waals surface area contributed by atoms with Crippen LogP contribution in [-0.4, -0.2) is 22.4 Å². The first-order valence-electron chi connectivity index (χ1n) is 5.50. The molecule has 0 aliphatic rings. The molecule has 84 valence electrons. The minimum absolute atomic E-state index is 0.394. The maximum atomic E-state index is 4.42. The molecule has 0 spiro atoms. The van der Waals surface area contributed by atoms with Crippen molar-refractivity contribution < 1.29 is 0 Å². The Balaban J connectivity index is 2.26. The second-order valence-corrected chi connectivity index (χ2v) is 3.98. The highest BCUT2D eigenvalue weighted by molar-refractivity contribution is 5.06. The van der Waals surface area contributed by atoms with Crippen LogP contribution in [0.5, 0.6) is 0 Å². The summed E-state index contributed by atoms with van der Waals surface area (Å²) in [5.41, 5.74) is 2.34. The zero-order valence-corrected chi connectivity index (χ0v) is 9.95. The fourth-order valence-electron chi connectivity index (χ4n) is 1.54. The average Bonchev–Trinajstić information content (AvgIpc) is 2.52. The first kappa shape index (κ1) is 12.0. The Morgan fingerprint density at radius 2 is 2.33 bits per heavy atom. The van der Waals surface area contributed by atoms with E-state index in [4.69, 9.17) is 0 Å². The Morgan fingerprint density at radius 1 is 1.60 bits per heavy atom. The molecular formula is C12H21N3. The molecule has 1 atom stereocenters. The first-order valence-corrected chi connectivity index (χ1v) is 5.50. The van der Waals surface area contributed by atoms with Crippen LogP contribution >= 0.6 is 0 Å². The van der Waals surface area contributed by atoms with Crippen LogP contribution in [0, 0.1) is 13.8 Å². The highest BCUT2D eigenvalue weighted by Gasteiger charge is 2.00. The molecule has 1 aromatic rings. The van der Waals surface area contributed by atoms with Crippen LogP contribution in [0.3, 0.4) is 0 Å². The third-order valence-electron chi connectivity index (χ3n) is 2.47. The molecule has 1 rings (SSSR count). The smallest absolute Gasteiger partial charge is 0.0596 e. The number of aryl methyl sites for hydroxylation is 3. The number of hydrogen-bond acceptors (Lipinski definition) is 2. The number of nitrogens with one attached hydrogen (secondary N) is 1. The number of aromatic nitrogens is 2. The normalized spacial score (nSPS) is 12.7. The molecule has 3 nitrogen and oxygen atoms in total. The molecule has 0 saturated heterocycles. The quantitative estimate of drug-likeness (QED) is 0.571. The van der Waals surface area contributed by atoms with Crippen LogP contribution in [0.1, 0.15) is 24.7 Å². The van der Waals surface area contributed by atoms with Crippen molar-refractivity contribution >= 4 is 0 Å². The highest BCUT2D eigenvalue weighted by Crippen LogP contribution is 2.02. The van der Waals surface area contributed by atoms with E-state index in [9.17, 15) is 0 Å². The molecule has 0 amide bonds. The Morgan fingerprint density at radius 3 is 2.87 bits per heavy atom. The lowest BCUT2D eigenvalue weighted by Crippen LogP contribution is -2.25. The molecule has 3 heteroatoms. The zero-order valence-electron chi connectivity index (χ0n) is 9.95. The van der Waals surface area contributed by atoms with Gasteiger partial charge in [-0.3, -0.25) is 4.68 Å². The molecule has 0 radical (unpaired) electrons. The summed E-state index contributed by atoms with van der Waals surface area (Å²) >= 11 is 0. The van der Waals surface area contributed by atoms with Crippen molar-refractivity contribution in [2.45, 2.75) is 39.8 Å². The molecule has 0 aromatic carbocycles. The van der Waals surface area contributed by atoms with E-state index in [-0.39, 0.29) is 0 Å². The van der Waals surface area contributed by atoms with Crippen LogP contribution in [0.15, 0.2) is 18.7 Å². The van der Waals surface area contributed by atoms with E-state index in [0.29, 0.717) is 6.04 Å². The first-order chi connectivity index (χ1) is 7.13. The molecule has 0 saturated carbocycles. The predicted octanol–water partition coefficient (Wildman–Crippen LogP) is 2.05. The molecule has 0 fully saturated rings. The summed E-state index contributed by atoms with van der Waals surface area (Å²) in [6, 6.07) is 2.50. The maximum absolute atomic E-state index is 4.42. The molecule has 0 aliphatic carbocycles. The molecule has 1 N–H and O–H groups in total. The average molecular weight is 207 g/mol. The van der Waals surface area contributed by atoms with Gasteiger partial charge in [-0.2, -0.15) is 5.10 Å². The summed E-state index contributed by atoms with van der Waals surface area (Å²) in [5.74, 6) is 0. The molecule has 0 aliphatic heterocycles. The van der Waals surface area contributed by atoms with Crippen molar-refractivity contribution in [1.29, 1.82) is 0 Å². The van der Waals surface area contributed by atoms with E-state index in [1.165, 1.54) is 5.69 Å². The summed E-state index contributed by atoms with van der Waals surface area (Å²) in [7, 11) is 0. The standard InChI is InChI=1S/C12H21N3/c1-5-10(2)13-7-6-8-15-12(4)9-11(3)14-15/h5,9-10,13H,1,6-8H2,2-4H3. The van der Waals surface area contributed by atoms with Gasteiger partial charge in [0, 0.05) is 18.3 Å². The van der Waals surface area contributed by atoms with Crippen LogP contribution in [0.4, 0.5) is 0 Å². The Kier molecular flexibility index (Phi) is 4.56. The van der Waals surface area contributed by atoms with Crippen LogP contribution < -0.4 is 5.32 Å².